The lowest BCUT2D eigenvalue weighted by Gasteiger charge is -2.40. The van der Waals surface area contributed by atoms with Gasteiger partial charge in [0.2, 0.25) is 0 Å². The smallest absolute Gasteiger partial charge is 0.0409 e. The summed E-state index contributed by atoms with van der Waals surface area (Å²) in [6, 6.07) is 2.18. The minimum atomic E-state index is 0.441. The van der Waals surface area contributed by atoms with Gasteiger partial charge in [-0.1, -0.05) is 29.8 Å². The molecule has 1 aliphatic rings. The molecule has 1 aromatic heterocycles. The molecule has 0 N–H and O–H groups in total. The molecular weight excluding hydrogens is 258 g/mol. The van der Waals surface area contributed by atoms with Crippen molar-refractivity contribution in [3.63, 3.8) is 0 Å². The number of nitrogens with zero attached hydrogens (tertiary/aromatic N) is 1. The zero-order valence-corrected chi connectivity index (χ0v) is 11.1. The van der Waals surface area contributed by atoms with Crippen LogP contribution in [0, 0.1) is 5.41 Å². The molecule has 1 nitrogen and oxygen atoms in total. The van der Waals surface area contributed by atoms with Crippen LogP contribution in [0.2, 0.25) is 0 Å². The van der Waals surface area contributed by atoms with Crippen molar-refractivity contribution in [1.29, 1.82) is 0 Å². The molecule has 78 valence electrons. The van der Waals surface area contributed by atoms with Gasteiger partial charge in [0, 0.05) is 21.8 Å². The van der Waals surface area contributed by atoms with Crippen LogP contribution in [-0.2, 0) is 0 Å². The third kappa shape index (κ3) is 2.03. The topological polar surface area (TPSA) is 12.9 Å². The zero-order valence-electron chi connectivity index (χ0n) is 8.66. The second kappa shape index (κ2) is 3.93. The van der Waals surface area contributed by atoms with E-state index in [4.69, 9.17) is 0 Å². The van der Waals surface area contributed by atoms with E-state index in [1.165, 1.54) is 24.1 Å². The quantitative estimate of drug-likeness (QED) is 0.699. The van der Waals surface area contributed by atoms with Gasteiger partial charge in [-0.25, -0.2) is 4.37 Å². The van der Waals surface area contributed by atoms with E-state index in [0.717, 1.165) is 0 Å². The summed E-state index contributed by atoms with van der Waals surface area (Å²) >= 11 is 5.41. The number of hydrogen-bond acceptors (Lipinski definition) is 2. The molecule has 1 saturated carbocycles. The fourth-order valence-corrected chi connectivity index (χ4v) is 3.81. The van der Waals surface area contributed by atoms with Crippen LogP contribution in [0.3, 0.4) is 0 Å². The molecule has 0 amide bonds. The van der Waals surface area contributed by atoms with Gasteiger partial charge in [0.1, 0.15) is 0 Å². The summed E-state index contributed by atoms with van der Waals surface area (Å²) in [5.74, 6) is 0.688. The number of aromatic nitrogens is 1. The normalized spacial score (nSPS) is 31.6. The van der Waals surface area contributed by atoms with E-state index in [0.29, 0.717) is 16.2 Å². The van der Waals surface area contributed by atoms with E-state index in [1.54, 1.807) is 11.5 Å². The first-order valence-electron chi connectivity index (χ1n) is 5.14. The number of halogens is 1. The molecule has 2 unspecified atom stereocenters. The third-order valence-corrected chi connectivity index (χ3v) is 5.03. The summed E-state index contributed by atoms with van der Waals surface area (Å²) in [5, 5.41) is 0. The zero-order chi connectivity index (χ0) is 10.2. The van der Waals surface area contributed by atoms with Crippen LogP contribution < -0.4 is 0 Å². The van der Waals surface area contributed by atoms with E-state index in [2.05, 4.69) is 40.2 Å². The largest absolute Gasteiger partial charge is 0.201 e. The Kier molecular flexibility index (Phi) is 2.98. The van der Waals surface area contributed by atoms with Gasteiger partial charge in [-0.15, -0.1) is 0 Å². The fourth-order valence-electron chi connectivity index (χ4n) is 2.30. The molecule has 1 aliphatic carbocycles. The van der Waals surface area contributed by atoms with Crippen LogP contribution >= 0.6 is 27.5 Å². The highest BCUT2D eigenvalue weighted by Gasteiger charge is 2.37. The maximum absolute atomic E-state index is 4.21. The molecule has 1 fully saturated rings. The standard InChI is InChI=1S/C11H16BrNS/c1-11(2)5-3-8(12)7-9(11)10-4-6-13-14-10/h4,6,8-9H,3,5,7H2,1-2H3. The van der Waals surface area contributed by atoms with Crippen LogP contribution in [0.5, 0.6) is 0 Å². The van der Waals surface area contributed by atoms with Crippen LogP contribution in [0.1, 0.15) is 43.9 Å². The summed E-state index contributed by atoms with van der Waals surface area (Å²) < 4.78 is 4.21. The lowest BCUT2D eigenvalue weighted by atomic mass is 9.68. The van der Waals surface area contributed by atoms with Crippen molar-refractivity contribution in [1.82, 2.24) is 4.37 Å². The highest BCUT2D eigenvalue weighted by Crippen LogP contribution is 2.49. The second-order valence-electron chi connectivity index (χ2n) is 4.83. The molecule has 0 aliphatic heterocycles. The molecule has 0 bridgehead atoms. The maximum Gasteiger partial charge on any atom is 0.0409 e. The van der Waals surface area contributed by atoms with Crippen molar-refractivity contribution in [2.75, 3.05) is 0 Å². The predicted molar refractivity (Wildman–Crippen MR) is 65.2 cm³/mol. The Morgan fingerprint density at radius 3 is 3.00 bits per heavy atom. The molecule has 0 radical (unpaired) electrons. The monoisotopic (exact) mass is 273 g/mol. The molecule has 0 spiro atoms. The Bertz CT molecular complexity index is 294. The van der Waals surface area contributed by atoms with Crippen molar-refractivity contribution >= 4 is 27.5 Å². The van der Waals surface area contributed by atoms with Crippen LogP contribution in [0.4, 0.5) is 0 Å². The molecule has 14 heavy (non-hydrogen) atoms. The highest BCUT2D eigenvalue weighted by atomic mass is 79.9. The van der Waals surface area contributed by atoms with E-state index < -0.39 is 0 Å². The Hall–Kier alpha value is 0.110. The van der Waals surface area contributed by atoms with Crippen molar-refractivity contribution < 1.29 is 0 Å². The van der Waals surface area contributed by atoms with Crippen LogP contribution in [-0.4, -0.2) is 9.20 Å². The fraction of sp³-hybridized carbons (Fsp3) is 0.727. The SMILES string of the molecule is CC1(C)CCC(Br)CC1c1ccns1. The Morgan fingerprint density at radius 2 is 2.36 bits per heavy atom. The van der Waals surface area contributed by atoms with Gasteiger partial charge in [-0.3, -0.25) is 0 Å². The minimum absolute atomic E-state index is 0.441. The highest BCUT2D eigenvalue weighted by molar-refractivity contribution is 9.09. The summed E-state index contributed by atoms with van der Waals surface area (Å²) in [6.45, 7) is 4.77. The van der Waals surface area contributed by atoms with E-state index in [9.17, 15) is 0 Å². The predicted octanol–water partition coefficient (Wildman–Crippen LogP) is 4.20. The first-order chi connectivity index (χ1) is 6.59. The molecule has 1 heterocycles. The Labute approximate surface area is 98.2 Å². The summed E-state index contributed by atoms with van der Waals surface area (Å²) in [6.07, 6.45) is 5.80. The average Bonchev–Trinajstić information content (AvgIpc) is 2.62. The summed E-state index contributed by atoms with van der Waals surface area (Å²) in [7, 11) is 0. The second-order valence-corrected chi connectivity index (χ2v) is 6.99. The molecule has 2 rings (SSSR count). The van der Waals surface area contributed by atoms with Gasteiger partial charge in [0.25, 0.3) is 0 Å². The van der Waals surface area contributed by atoms with E-state index in [-0.39, 0.29) is 0 Å². The van der Waals surface area contributed by atoms with E-state index >= 15 is 0 Å². The molecule has 1 aromatic rings. The number of hydrogen-bond donors (Lipinski definition) is 0. The maximum atomic E-state index is 4.21. The first kappa shape index (κ1) is 10.6. The van der Waals surface area contributed by atoms with Gasteiger partial charge in [0.15, 0.2) is 0 Å². The van der Waals surface area contributed by atoms with Gasteiger partial charge in [0.05, 0.1) is 0 Å². The van der Waals surface area contributed by atoms with Crippen molar-refractivity contribution in [3.05, 3.63) is 17.1 Å². The molecule has 2 atom stereocenters. The molecule has 3 heteroatoms. The Balaban J connectivity index is 2.22. The van der Waals surface area contributed by atoms with Gasteiger partial charge >= 0.3 is 0 Å². The summed E-state index contributed by atoms with van der Waals surface area (Å²) in [4.78, 5) is 2.15. The van der Waals surface area contributed by atoms with Gasteiger partial charge in [-0.05, 0) is 42.3 Å². The molecule has 0 aromatic carbocycles. The summed E-state index contributed by atoms with van der Waals surface area (Å²) in [5.41, 5.74) is 0.441. The van der Waals surface area contributed by atoms with Crippen LogP contribution in [0.15, 0.2) is 12.3 Å². The number of rotatable bonds is 1. The first-order valence-corrected chi connectivity index (χ1v) is 6.83. The lowest BCUT2D eigenvalue weighted by Crippen LogP contribution is -2.29. The van der Waals surface area contributed by atoms with Crippen LogP contribution in [0.25, 0.3) is 0 Å². The average molecular weight is 274 g/mol. The third-order valence-electron chi connectivity index (χ3n) is 3.34. The van der Waals surface area contributed by atoms with Crippen molar-refractivity contribution in [3.8, 4) is 0 Å². The lowest BCUT2D eigenvalue weighted by molar-refractivity contribution is 0.208. The number of alkyl halides is 1. The van der Waals surface area contributed by atoms with Gasteiger partial charge < -0.3 is 0 Å². The Morgan fingerprint density at radius 1 is 1.57 bits per heavy atom. The van der Waals surface area contributed by atoms with Gasteiger partial charge in [-0.2, -0.15) is 0 Å². The van der Waals surface area contributed by atoms with Crippen molar-refractivity contribution in [2.45, 2.75) is 43.9 Å². The molecular formula is C11H16BrNS. The minimum Gasteiger partial charge on any atom is -0.201 e. The molecule has 0 saturated heterocycles. The van der Waals surface area contributed by atoms with Crippen molar-refractivity contribution in [2.24, 2.45) is 5.41 Å². The van der Waals surface area contributed by atoms with E-state index in [1.807, 2.05) is 6.20 Å².